The van der Waals surface area contributed by atoms with Crippen molar-refractivity contribution in [3.05, 3.63) is 76.6 Å². The van der Waals surface area contributed by atoms with Gasteiger partial charge in [0.15, 0.2) is 11.6 Å². The van der Waals surface area contributed by atoms with Gasteiger partial charge in [0.05, 0.1) is 6.42 Å². The molecule has 8 rings (SSSR count). The van der Waals surface area contributed by atoms with E-state index >= 15 is 0 Å². The molecule has 16 heteroatoms. The number of alkyl carbamates (subject to hydrolysis) is 2. The predicted molar refractivity (Wildman–Crippen MR) is 229 cm³/mol. The van der Waals surface area contributed by atoms with Gasteiger partial charge >= 0.3 is 12.2 Å². The molecule has 16 nitrogen and oxygen atoms in total. The third-order valence-corrected chi connectivity index (χ3v) is 11.6. The summed E-state index contributed by atoms with van der Waals surface area (Å²) >= 11 is 0. The molecule has 0 saturated heterocycles. The fourth-order valence-electron chi connectivity index (χ4n) is 8.39. The molecule has 0 radical (unpaired) electrons. The van der Waals surface area contributed by atoms with E-state index in [2.05, 4.69) is 53.8 Å². The number of nitrogens with zero attached hydrogens (tertiary/aromatic N) is 4. The zero-order chi connectivity index (χ0) is 42.5. The van der Waals surface area contributed by atoms with Gasteiger partial charge < -0.3 is 40.5 Å². The van der Waals surface area contributed by atoms with Crippen molar-refractivity contribution < 1.29 is 28.7 Å². The highest BCUT2D eigenvalue weighted by atomic mass is 16.6. The number of hydrogen-bond donors (Lipinski definition) is 6. The zero-order valence-electron chi connectivity index (χ0n) is 35.4. The van der Waals surface area contributed by atoms with Gasteiger partial charge in [-0.2, -0.15) is 10.2 Å². The third kappa shape index (κ3) is 10.6. The summed E-state index contributed by atoms with van der Waals surface area (Å²) in [5.41, 5.74) is 8.28. The van der Waals surface area contributed by atoms with E-state index in [1.165, 1.54) is 11.1 Å². The Kier molecular flexibility index (Phi) is 13.0. The molecule has 1 unspecified atom stereocenters. The SMILES string of the molecule is CC(C)NC(=O)OC1CC[C@H](c2cc(Nc3ccc4c(c3)CC(=O)N(C)C4)n[nH]2)C1.CC(C)NC(=O)O[C@@H]1CC[C@H](c2cc(Nc3ccc4c(c3)N(C)C(=O)CC4)n[nH]2)C1. The van der Waals surface area contributed by atoms with E-state index in [1.807, 2.05) is 78.2 Å². The first-order valence-electron chi connectivity index (χ1n) is 21.1. The molecule has 2 fully saturated rings. The number of benzene rings is 2. The molecule has 6 N–H and O–H groups in total. The molecule has 2 aliphatic carbocycles. The number of anilines is 5. The number of hydrogen-bond acceptors (Lipinski definition) is 10. The molecule has 4 aliphatic rings. The Hall–Kier alpha value is -6.06. The molecule has 320 valence electrons. The van der Waals surface area contributed by atoms with Crippen molar-refractivity contribution >= 4 is 52.7 Å². The minimum absolute atomic E-state index is 0.0650. The van der Waals surface area contributed by atoms with E-state index in [0.717, 1.165) is 90.6 Å². The van der Waals surface area contributed by atoms with Crippen molar-refractivity contribution in [3.63, 3.8) is 0 Å². The Balaban J connectivity index is 0.000000181. The first-order chi connectivity index (χ1) is 28.8. The van der Waals surface area contributed by atoms with Crippen LogP contribution in [-0.2, 0) is 38.4 Å². The highest BCUT2D eigenvalue weighted by Crippen LogP contribution is 2.38. The molecule has 4 heterocycles. The highest BCUT2D eigenvalue weighted by molar-refractivity contribution is 5.96. The van der Waals surface area contributed by atoms with Crippen molar-refractivity contribution in [3.8, 4) is 0 Å². The van der Waals surface area contributed by atoms with E-state index in [0.29, 0.717) is 25.3 Å². The van der Waals surface area contributed by atoms with Crippen LogP contribution in [0.2, 0.25) is 0 Å². The fraction of sp³-hybridized carbons (Fsp3) is 0.500. The lowest BCUT2D eigenvalue weighted by molar-refractivity contribution is -0.130. The number of fused-ring (bicyclic) bond motifs is 2. The minimum atomic E-state index is -0.349. The molecule has 2 saturated carbocycles. The molecule has 2 aromatic carbocycles. The second kappa shape index (κ2) is 18.5. The lowest BCUT2D eigenvalue weighted by Gasteiger charge is -2.26. The fourth-order valence-corrected chi connectivity index (χ4v) is 8.39. The van der Waals surface area contributed by atoms with Crippen LogP contribution in [0.15, 0.2) is 48.5 Å². The zero-order valence-corrected chi connectivity index (χ0v) is 35.4. The number of aromatic amines is 2. The number of carbonyl (C=O) groups excluding carboxylic acids is 4. The third-order valence-electron chi connectivity index (χ3n) is 11.6. The van der Waals surface area contributed by atoms with Gasteiger partial charge in [-0.1, -0.05) is 12.1 Å². The average molecular weight is 823 g/mol. The van der Waals surface area contributed by atoms with Crippen LogP contribution in [0.25, 0.3) is 0 Å². The first kappa shape index (κ1) is 42.1. The summed E-state index contributed by atoms with van der Waals surface area (Å²) in [5, 5.41) is 27.2. The molecule has 4 atom stereocenters. The van der Waals surface area contributed by atoms with Crippen LogP contribution in [0.4, 0.5) is 38.3 Å². The van der Waals surface area contributed by atoms with Crippen LogP contribution >= 0.6 is 0 Å². The van der Waals surface area contributed by atoms with E-state index in [1.54, 1.807) is 9.80 Å². The molecule has 60 heavy (non-hydrogen) atoms. The number of H-pyrrole nitrogens is 2. The maximum absolute atomic E-state index is 12.0. The van der Waals surface area contributed by atoms with Gasteiger partial charge in [0, 0.05) is 91.6 Å². The summed E-state index contributed by atoms with van der Waals surface area (Å²) in [4.78, 5) is 51.0. The van der Waals surface area contributed by atoms with Crippen LogP contribution in [0.3, 0.4) is 0 Å². The number of likely N-dealkylation sites (N-methyl/N-ethyl adjacent to an activating group) is 1. The van der Waals surface area contributed by atoms with E-state index in [4.69, 9.17) is 9.47 Å². The lowest BCUT2D eigenvalue weighted by Crippen LogP contribution is -2.33. The van der Waals surface area contributed by atoms with E-state index in [-0.39, 0.29) is 54.2 Å². The smallest absolute Gasteiger partial charge is 0.407 e. The number of aromatic nitrogens is 4. The second-order valence-corrected chi connectivity index (χ2v) is 17.0. The molecule has 0 bridgehead atoms. The quantitative estimate of drug-likeness (QED) is 0.0946. The van der Waals surface area contributed by atoms with Gasteiger partial charge in [0.1, 0.15) is 12.2 Å². The summed E-state index contributed by atoms with van der Waals surface area (Å²) in [6, 6.07) is 16.3. The summed E-state index contributed by atoms with van der Waals surface area (Å²) in [6.45, 7) is 8.31. The number of aryl methyl sites for hydroxylation is 1. The maximum Gasteiger partial charge on any atom is 0.407 e. The Morgan fingerprint density at radius 1 is 0.683 bits per heavy atom. The number of rotatable bonds is 10. The Morgan fingerprint density at radius 3 is 1.77 bits per heavy atom. The van der Waals surface area contributed by atoms with Gasteiger partial charge in [0.25, 0.3) is 0 Å². The Bertz CT molecular complexity index is 2180. The molecule has 0 spiro atoms. The molecule has 2 aromatic heterocycles. The Morgan fingerprint density at radius 2 is 1.22 bits per heavy atom. The van der Waals surface area contributed by atoms with Crippen LogP contribution in [-0.4, -0.2) is 87.7 Å². The minimum Gasteiger partial charge on any atom is -0.446 e. The van der Waals surface area contributed by atoms with Gasteiger partial charge in [-0.3, -0.25) is 19.8 Å². The number of nitrogens with one attached hydrogen (secondary N) is 6. The van der Waals surface area contributed by atoms with Crippen molar-refractivity contribution in [1.82, 2.24) is 35.9 Å². The van der Waals surface area contributed by atoms with Gasteiger partial charge in [0.2, 0.25) is 11.8 Å². The average Bonchev–Trinajstić information content (AvgIpc) is 4.03. The van der Waals surface area contributed by atoms with Gasteiger partial charge in [-0.25, -0.2) is 9.59 Å². The van der Waals surface area contributed by atoms with Crippen LogP contribution in [0, 0.1) is 0 Å². The van der Waals surface area contributed by atoms with Gasteiger partial charge in [-0.15, -0.1) is 0 Å². The topological polar surface area (TPSA) is 199 Å². The van der Waals surface area contributed by atoms with Crippen LogP contribution in [0.1, 0.15) is 113 Å². The molecular weight excluding hydrogens is 765 g/mol. The van der Waals surface area contributed by atoms with E-state index in [9.17, 15) is 19.2 Å². The monoisotopic (exact) mass is 822 g/mol. The predicted octanol–water partition coefficient (Wildman–Crippen LogP) is 7.27. The summed E-state index contributed by atoms with van der Waals surface area (Å²) in [6.07, 6.45) is 6.14. The number of carbonyl (C=O) groups is 4. The summed E-state index contributed by atoms with van der Waals surface area (Å²) < 4.78 is 11.0. The summed E-state index contributed by atoms with van der Waals surface area (Å²) in [7, 11) is 3.65. The van der Waals surface area contributed by atoms with E-state index < -0.39 is 0 Å². The number of ether oxygens (including phenoxy) is 2. The standard InChI is InChI=1S/2C22H29N5O3/c1-13(2)23-22(29)30-17-8-5-15(10-17)18-12-20(26-25-18)24-16-7-4-14-6-9-21(28)27(3)19(14)11-16;1-13(2)23-22(29)30-18-7-5-14(9-18)19-11-20(26-25-19)24-17-6-4-15-12-27(3)21(28)10-16(15)8-17/h4,7,11-13,15,17H,5-6,8-10H2,1-3H3,(H,23,29)(H2,24,25,26);4,6,8,11,13-14,18H,5,7,9-10,12H2,1-3H3,(H,23,29)(H2,24,25,26)/t15-,17+;14-,18?/m00/s1. The van der Waals surface area contributed by atoms with Crippen LogP contribution in [0.5, 0.6) is 0 Å². The largest absolute Gasteiger partial charge is 0.446 e. The van der Waals surface area contributed by atoms with Crippen molar-refractivity contribution in [2.24, 2.45) is 0 Å². The highest BCUT2D eigenvalue weighted by Gasteiger charge is 2.32. The van der Waals surface area contributed by atoms with Crippen molar-refractivity contribution in [1.29, 1.82) is 0 Å². The Labute approximate surface area is 350 Å². The van der Waals surface area contributed by atoms with Gasteiger partial charge in [-0.05, 0) is 114 Å². The lowest BCUT2D eigenvalue weighted by atomic mass is 9.99. The van der Waals surface area contributed by atoms with Crippen molar-refractivity contribution in [2.75, 3.05) is 29.6 Å². The first-order valence-corrected chi connectivity index (χ1v) is 21.1. The molecular formula is C44H58N10O6. The van der Waals surface area contributed by atoms with Crippen LogP contribution < -0.4 is 26.2 Å². The molecule has 4 aromatic rings. The number of amides is 4. The second-order valence-electron chi connectivity index (χ2n) is 17.0. The normalized spacial score (nSPS) is 20.9. The molecule has 2 aliphatic heterocycles. The maximum atomic E-state index is 12.0. The molecule has 4 amide bonds. The van der Waals surface area contributed by atoms with Crippen molar-refractivity contribution in [2.45, 2.75) is 128 Å². The summed E-state index contributed by atoms with van der Waals surface area (Å²) in [5.74, 6) is 2.34.